The maximum absolute atomic E-state index is 11.6. The minimum atomic E-state index is -0.600. The zero-order valence-corrected chi connectivity index (χ0v) is 15.4. The summed E-state index contributed by atoms with van der Waals surface area (Å²) in [5.74, 6) is 0.713. The third kappa shape index (κ3) is 2.09. The summed E-state index contributed by atoms with van der Waals surface area (Å²) in [5, 5.41) is 9.98. The predicted molar refractivity (Wildman–Crippen MR) is 93.6 cm³/mol. The van der Waals surface area contributed by atoms with Crippen LogP contribution in [0.3, 0.4) is 0 Å². The third-order valence-electron chi connectivity index (χ3n) is 7.84. The second kappa shape index (κ2) is 4.75. The van der Waals surface area contributed by atoms with E-state index in [4.69, 9.17) is 4.74 Å². The molecule has 3 nitrogen and oxygen atoms in total. The summed E-state index contributed by atoms with van der Waals surface area (Å²) < 4.78 is 6.61. The number of carbonyl (C=O) groups is 1. The molecule has 3 aliphatic carbocycles. The van der Waals surface area contributed by atoms with Crippen molar-refractivity contribution in [3.63, 3.8) is 0 Å². The highest BCUT2D eigenvalue weighted by atomic mass is 16.5. The van der Waals surface area contributed by atoms with Gasteiger partial charge in [0.05, 0.1) is 5.60 Å². The van der Waals surface area contributed by atoms with Crippen LogP contribution >= 0.6 is 0 Å². The molecule has 1 spiro atoms. The van der Waals surface area contributed by atoms with Crippen LogP contribution < -0.4 is 0 Å². The van der Waals surface area contributed by atoms with E-state index in [1.807, 2.05) is 6.08 Å². The summed E-state index contributed by atoms with van der Waals surface area (Å²) in [4.78, 5) is 11.6. The van der Waals surface area contributed by atoms with Crippen molar-refractivity contribution in [2.75, 3.05) is 0 Å². The number of allylic oxidation sites excluding steroid dienone is 1. The van der Waals surface area contributed by atoms with Crippen molar-refractivity contribution in [2.45, 2.75) is 77.4 Å². The van der Waals surface area contributed by atoms with E-state index in [0.717, 1.165) is 18.8 Å². The molecule has 0 aromatic carbocycles. The van der Waals surface area contributed by atoms with Gasteiger partial charge < -0.3 is 9.84 Å². The Hall–Kier alpha value is -1.09. The maximum atomic E-state index is 11.6. The second-order valence-electron chi connectivity index (χ2n) is 9.79. The number of hydrogen-bond acceptors (Lipinski definition) is 3. The lowest BCUT2D eigenvalue weighted by molar-refractivity contribution is -0.158. The summed E-state index contributed by atoms with van der Waals surface area (Å²) in [6, 6.07) is 0. The van der Waals surface area contributed by atoms with Crippen LogP contribution in [-0.2, 0) is 9.53 Å². The molecule has 0 radical (unpaired) electrons. The minimum Gasteiger partial charge on any atom is -0.504 e. The molecule has 0 aromatic heterocycles. The van der Waals surface area contributed by atoms with Crippen molar-refractivity contribution < 1.29 is 14.6 Å². The van der Waals surface area contributed by atoms with Gasteiger partial charge in [-0.2, -0.15) is 0 Å². The highest BCUT2D eigenvalue weighted by Gasteiger charge is 2.64. The summed E-state index contributed by atoms with van der Waals surface area (Å²) in [6.07, 6.45) is 12.0. The SMILES string of the molecule is CC1(C)CCC[C@]2(C)[C@H]3CC4(C=CC(=O)C(O)=C4)O[C@@]3(C)CC[C@@H]12. The fraction of sp³-hybridized carbons (Fsp3) is 0.762. The van der Waals surface area contributed by atoms with Crippen LogP contribution in [0.25, 0.3) is 0 Å². The van der Waals surface area contributed by atoms with Crippen LogP contribution in [0.1, 0.15) is 66.2 Å². The number of rotatable bonds is 0. The van der Waals surface area contributed by atoms with Crippen LogP contribution in [0, 0.1) is 22.7 Å². The van der Waals surface area contributed by atoms with Gasteiger partial charge in [0.2, 0.25) is 5.78 Å². The minimum absolute atomic E-state index is 0.162. The highest BCUT2D eigenvalue weighted by molar-refractivity contribution is 6.03. The van der Waals surface area contributed by atoms with E-state index in [0.29, 0.717) is 11.3 Å². The molecule has 1 unspecified atom stereocenters. The molecule has 0 amide bonds. The monoisotopic (exact) mass is 330 g/mol. The average molecular weight is 330 g/mol. The first-order valence-corrected chi connectivity index (χ1v) is 9.46. The van der Waals surface area contributed by atoms with Gasteiger partial charge in [0.1, 0.15) is 5.60 Å². The molecule has 0 bridgehead atoms. The molecule has 2 saturated carbocycles. The summed E-state index contributed by atoms with van der Waals surface area (Å²) in [7, 11) is 0. The van der Waals surface area contributed by atoms with Gasteiger partial charge in [0, 0.05) is 0 Å². The zero-order valence-electron chi connectivity index (χ0n) is 15.4. The summed E-state index contributed by atoms with van der Waals surface area (Å²) in [5.41, 5.74) is -0.103. The maximum Gasteiger partial charge on any atom is 0.219 e. The van der Waals surface area contributed by atoms with Crippen molar-refractivity contribution in [3.8, 4) is 0 Å². The van der Waals surface area contributed by atoms with Crippen LogP contribution in [0.15, 0.2) is 24.0 Å². The van der Waals surface area contributed by atoms with E-state index in [2.05, 4.69) is 27.7 Å². The number of ether oxygens (including phenoxy) is 1. The first-order chi connectivity index (χ1) is 11.1. The number of carbonyl (C=O) groups excluding carboxylic acids is 1. The van der Waals surface area contributed by atoms with E-state index in [-0.39, 0.29) is 22.6 Å². The normalized spacial score (nSPS) is 49.7. The quantitative estimate of drug-likeness (QED) is 0.698. The molecule has 4 rings (SSSR count). The molecular weight excluding hydrogens is 300 g/mol. The molecule has 3 heteroatoms. The molecule has 5 atom stereocenters. The Morgan fingerprint density at radius 3 is 2.58 bits per heavy atom. The Kier molecular flexibility index (Phi) is 3.24. The summed E-state index contributed by atoms with van der Waals surface area (Å²) in [6.45, 7) is 9.61. The van der Waals surface area contributed by atoms with Crippen molar-refractivity contribution in [1.29, 1.82) is 0 Å². The Bertz CT molecular complexity index is 645. The van der Waals surface area contributed by atoms with Gasteiger partial charge in [-0.3, -0.25) is 4.79 Å². The van der Waals surface area contributed by atoms with Crippen LogP contribution in [0.2, 0.25) is 0 Å². The van der Waals surface area contributed by atoms with E-state index in [1.165, 1.54) is 31.8 Å². The van der Waals surface area contributed by atoms with E-state index in [9.17, 15) is 9.90 Å². The Labute approximate surface area is 145 Å². The van der Waals surface area contributed by atoms with Crippen molar-refractivity contribution in [2.24, 2.45) is 22.7 Å². The van der Waals surface area contributed by atoms with Gasteiger partial charge in [-0.25, -0.2) is 0 Å². The van der Waals surface area contributed by atoms with Gasteiger partial charge in [-0.05, 0) is 79.9 Å². The molecule has 1 heterocycles. The fourth-order valence-corrected chi connectivity index (χ4v) is 6.82. The van der Waals surface area contributed by atoms with Crippen molar-refractivity contribution in [3.05, 3.63) is 24.0 Å². The second-order valence-corrected chi connectivity index (χ2v) is 9.79. The topological polar surface area (TPSA) is 46.5 Å². The van der Waals surface area contributed by atoms with Crippen LogP contribution in [-0.4, -0.2) is 22.1 Å². The van der Waals surface area contributed by atoms with Gasteiger partial charge in [-0.15, -0.1) is 0 Å². The lowest BCUT2D eigenvalue weighted by Crippen LogP contribution is -2.55. The van der Waals surface area contributed by atoms with Gasteiger partial charge in [-0.1, -0.05) is 27.2 Å². The molecule has 132 valence electrons. The van der Waals surface area contributed by atoms with Crippen LogP contribution in [0.4, 0.5) is 0 Å². The number of aliphatic hydroxyl groups is 1. The molecule has 1 aliphatic heterocycles. The molecule has 0 aromatic rings. The van der Waals surface area contributed by atoms with Gasteiger partial charge in [0.15, 0.2) is 5.76 Å². The largest absolute Gasteiger partial charge is 0.504 e. The first kappa shape index (κ1) is 16.4. The lowest BCUT2D eigenvalue weighted by atomic mass is 9.45. The fourth-order valence-electron chi connectivity index (χ4n) is 6.82. The Balaban J connectivity index is 1.73. The zero-order chi connectivity index (χ0) is 17.4. The smallest absolute Gasteiger partial charge is 0.219 e. The molecule has 3 fully saturated rings. The van der Waals surface area contributed by atoms with Crippen molar-refractivity contribution >= 4 is 5.78 Å². The van der Waals surface area contributed by atoms with Gasteiger partial charge >= 0.3 is 0 Å². The molecule has 4 aliphatic rings. The van der Waals surface area contributed by atoms with Gasteiger partial charge in [0.25, 0.3) is 0 Å². The van der Waals surface area contributed by atoms with Crippen molar-refractivity contribution in [1.82, 2.24) is 0 Å². The standard InChI is InChI=1S/C21H30O3/c1-18(2)8-5-9-19(3)16(18)7-10-20(4)17(19)13-21(24-20)11-6-14(22)15(23)12-21/h6,11-12,16-17,23H,5,7-10,13H2,1-4H3/t16-,17+,19-,20-,21?/m0/s1. The number of ketones is 1. The average Bonchev–Trinajstić information content (AvgIpc) is 2.76. The van der Waals surface area contributed by atoms with E-state index < -0.39 is 5.60 Å². The van der Waals surface area contributed by atoms with E-state index in [1.54, 1.807) is 6.08 Å². The lowest BCUT2D eigenvalue weighted by Gasteiger charge is -2.60. The molecule has 24 heavy (non-hydrogen) atoms. The number of hydrogen-bond donors (Lipinski definition) is 1. The number of aliphatic hydroxyl groups excluding tert-OH is 1. The Morgan fingerprint density at radius 2 is 1.88 bits per heavy atom. The molecular formula is C21H30O3. The first-order valence-electron chi connectivity index (χ1n) is 9.46. The molecule has 1 saturated heterocycles. The molecule has 1 N–H and O–H groups in total. The van der Waals surface area contributed by atoms with Crippen LogP contribution in [0.5, 0.6) is 0 Å². The summed E-state index contributed by atoms with van der Waals surface area (Å²) >= 11 is 0. The van der Waals surface area contributed by atoms with E-state index >= 15 is 0 Å². The number of fused-ring (bicyclic) bond motifs is 3. The third-order valence-corrected chi connectivity index (χ3v) is 7.84. The highest BCUT2D eigenvalue weighted by Crippen LogP contribution is 2.67. The predicted octanol–water partition coefficient (Wildman–Crippen LogP) is 4.73. The Morgan fingerprint density at radius 1 is 1.12 bits per heavy atom.